The van der Waals surface area contributed by atoms with Crippen molar-refractivity contribution >= 4 is 27.4 Å². The number of nitrogen functional groups attached to an aromatic ring is 1. The molecule has 0 saturated heterocycles. The average Bonchev–Trinajstić information content (AvgIpc) is 2.92. The molecule has 3 N–H and O–H groups in total. The second-order valence-electron chi connectivity index (χ2n) is 4.34. The molecule has 4 nitrogen and oxygen atoms in total. The van der Waals surface area contributed by atoms with Gasteiger partial charge in [0.1, 0.15) is 5.75 Å². The van der Waals surface area contributed by atoms with E-state index in [1.54, 1.807) is 0 Å². The Kier molecular flexibility index (Phi) is 2.91. The van der Waals surface area contributed by atoms with E-state index in [1.807, 2.05) is 37.4 Å². The van der Waals surface area contributed by atoms with Crippen LogP contribution in [0.4, 0.5) is 5.13 Å². The lowest BCUT2D eigenvalue weighted by Gasteiger charge is -2.03. The summed E-state index contributed by atoms with van der Waals surface area (Å²) in [5.41, 5.74) is 9.92. The molecule has 0 saturated carbocycles. The summed E-state index contributed by atoms with van der Waals surface area (Å²) in [5, 5.41) is 3.69. The maximum Gasteiger partial charge on any atom is 0.180 e. The van der Waals surface area contributed by atoms with Crippen molar-refractivity contribution in [2.75, 3.05) is 12.3 Å². The molecule has 3 rings (SSSR count). The Morgan fingerprint density at radius 2 is 2.26 bits per heavy atom. The van der Waals surface area contributed by atoms with Crippen LogP contribution in [-0.4, -0.2) is 16.6 Å². The quantitative estimate of drug-likeness (QED) is 0.766. The molecule has 19 heavy (non-hydrogen) atoms. The van der Waals surface area contributed by atoms with Gasteiger partial charge in [-0.25, -0.2) is 4.98 Å². The summed E-state index contributed by atoms with van der Waals surface area (Å²) in [4.78, 5) is 7.75. The summed E-state index contributed by atoms with van der Waals surface area (Å²) in [6.07, 6.45) is 0. The molecule has 0 radical (unpaired) electrons. The number of H-pyrrole nitrogens is 1. The number of nitrogens with zero attached hydrogens (tertiary/aromatic N) is 1. The van der Waals surface area contributed by atoms with Crippen molar-refractivity contribution < 1.29 is 4.74 Å². The first kappa shape index (κ1) is 12.0. The van der Waals surface area contributed by atoms with Crippen LogP contribution < -0.4 is 10.5 Å². The van der Waals surface area contributed by atoms with Gasteiger partial charge in [0.15, 0.2) is 5.13 Å². The van der Waals surface area contributed by atoms with Crippen LogP contribution in [0.25, 0.3) is 22.2 Å². The van der Waals surface area contributed by atoms with Gasteiger partial charge in [-0.05, 0) is 32.0 Å². The molecule has 0 fully saturated rings. The number of anilines is 1. The number of aromatic amines is 1. The number of thiazole rings is 1. The summed E-state index contributed by atoms with van der Waals surface area (Å²) < 4.78 is 5.56. The van der Waals surface area contributed by atoms with Crippen LogP contribution in [0.2, 0.25) is 0 Å². The smallest absolute Gasteiger partial charge is 0.180 e. The summed E-state index contributed by atoms with van der Waals surface area (Å²) in [6, 6.07) is 6.06. The van der Waals surface area contributed by atoms with Crippen molar-refractivity contribution in [1.29, 1.82) is 0 Å². The Labute approximate surface area is 115 Å². The van der Waals surface area contributed by atoms with Crippen molar-refractivity contribution in [2.45, 2.75) is 13.8 Å². The van der Waals surface area contributed by atoms with Crippen LogP contribution >= 0.6 is 11.3 Å². The van der Waals surface area contributed by atoms with E-state index >= 15 is 0 Å². The second-order valence-corrected chi connectivity index (χ2v) is 5.23. The zero-order valence-corrected chi connectivity index (χ0v) is 11.7. The Morgan fingerprint density at radius 1 is 1.42 bits per heavy atom. The standard InChI is InChI=1S/C14H15N3OS/c1-3-18-9-4-5-11-10(6-9)13(8(2)16-11)12-7-19-14(15)17-12/h4-7,16H,3H2,1-2H3,(H2,15,17). The lowest BCUT2D eigenvalue weighted by Crippen LogP contribution is -1.90. The number of nitrogens with two attached hydrogens (primary N) is 1. The zero-order valence-electron chi connectivity index (χ0n) is 10.9. The lowest BCUT2D eigenvalue weighted by molar-refractivity contribution is 0.341. The predicted octanol–water partition coefficient (Wildman–Crippen LogP) is 3.58. The Balaban J connectivity index is 2.22. The molecule has 98 valence electrons. The summed E-state index contributed by atoms with van der Waals surface area (Å²) in [5.74, 6) is 0.874. The number of hydrogen-bond acceptors (Lipinski definition) is 4. The number of ether oxygens (including phenoxy) is 1. The van der Waals surface area contributed by atoms with Gasteiger partial charge in [0, 0.05) is 27.5 Å². The minimum absolute atomic E-state index is 0.588. The Bertz CT molecular complexity index is 729. The van der Waals surface area contributed by atoms with E-state index in [9.17, 15) is 0 Å². The first-order valence-corrected chi connectivity index (χ1v) is 7.03. The van der Waals surface area contributed by atoms with E-state index in [1.165, 1.54) is 11.3 Å². The van der Waals surface area contributed by atoms with Gasteiger partial charge in [0.25, 0.3) is 0 Å². The maximum absolute atomic E-state index is 5.73. The highest BCUT2D eigenvalue weighted by molar-refractivity contribution is 7.13. The number of fused-ring (bicyclic) bond motifs is 1. The topological polar surface area (TPSA) is 63.9 Å². The molecule has 3 aromatic rings. The third-order valence-corrected chi connectivity index (χ3v) is 3.72. The largest absolute Gasteiger partial charge is 0.494 e. The fourth-order valence-electron chi connectivity index (χ4n) is 2.29. The third kappa shape index (κ3) is 2.06. The highest BCUT2D eigenvalue weighted by Crippen LogP contribution is 2.35. The molecule has 2 heterocycles. The molecule has 1 aromatic carbocycles. The monoisotopic (exact) mass is 273 g/mol. The second kappa shape index (κ2) is 4.59. The van der Waals surface area contributed by atoms with E-state index in [4.69, 9.17) is 10.5 Å². The van der Waals surface area contributed by atoms with E-state index in [-0.39, 0.29) is 0 Å². The number of aromatic nitrogens is 2. The maximum atomic E-state index is 5.73. The van der Waals surface area contributed by atoms with Gasteiger partial charge in [-0.1, -0.05) is 0 Å². The zero-order chi connectivity index (χ0) is 13.4. The molecule has 0 aliphatic heterocycles. The number of benzene rings is 1. The van der Waals surface area contributed by atoms with Crippen LogP contribution in [0.3, 0.4) is 0 Å². The van der Waals surface area contributed by atoms with Gasteiger partial charge in [0.2, 0.25) is 0 Å². The first-order valence-electron chi connectivity index (χ1n) is 6.15. The van der Waals surface area contributed by atoms with Gasteiger partial charge in [-0.3, -0.25) is 0 Å². The minimum Gasteiger partial charge on any atom is -0.494 e. The Hall–Kier alpha value is -2.01. The molecule has 0 spiro atoms. The van der Waals surface area contributed by atoms with Gasteiger partial charge >= 0.3 is 0 Å². The molecule has 0 amide bonds. The summed E-state index contributed by atoms with van der Waals surface area (Å²) in [6.45, 7) is 4.69. The summed E-state index contributed by atoms with van der Waals surface area (Å²) in [7, 11) is 0. The SMILES string of the molecule is CCOc1ccc2[nH]c(C)c(-c3csc(N)n3)c2c1. The van der Waals surface area contributed by atoms with Crippen molar-refractivity contribution in [3.8, 4) is 17.0 Å². The normalized spacial score (nSPS) is 11.1. The van der Waals surface area contributed by atoms with Crippen molar-refractivity contribution in [2.24, 2.45) is 0 Å². The van der Waals surface area contributed by atoms with Gasteiger partial charge in [-0.15, -0.1) is 11.3 Å². The first-order chi connectivity index (χ1) is 9.19. The van der Waals surface area contributed by atoms with E-state index in [2.05, 4.69) is 9.97 Å². The van der Waals surface area contributed by atoms with Crippen LogP contribution in [0.5, 0.6) is 5.75 Å². The number of hydrogen-bond donors (Lipinski definition) is 2. The fraction of sp³-hybridized carbons (Fsp3) is 0.214. The molecular weight excluding hydrogens is 258 g/mol. The predicted molar refractivity (Wildman–Crippen MR) is 79.7 cm³/mol. The minimum atomic E-state index is 0.588. The van der Waals surface area contributed by atoms with Gasteiger partial charge in [-0.2, -0.15) is 0 Å². The molecule has 2 aromatic heterocycles. The van der Waals surface area contributed by atoms with E-state index in [0.29, 0.717) is 11.7 Å². The molecular formula is C14H15N3OS. The molecule has 0 aliphatic rings. The lowest BCUT2D eigenvalue weighted by atomic mass is 10.1. The highest BCUT2D eigenvalue weighted by Gasteiger charge is 2.13. The number of nitrogens with one attached hydrogen (secondary N) is 1. The third-order valence-electron chi connectivity index (χ3n) is 3.05. The van der Waals surface area contributed by atoms with E-state index < -0.39 is 0 Å². The van der Waals surface area contributed by atoms with Crippen LogP contribution in [0, 0.1) is 6.92 Å². The van der Waals surface area contributed by atoms with Crippen molar-refractivity contribution in [1.82, 2.24) is 9.97 Å². The molecule has 5 heteroatoms. The summed E-state index contributed by atoms with van der Waals surface area (Å²) >= 11 is 1.46. The Morgan fingerprint density at radius 3 is 2.95 bits per heavy atom. The van der Waals surface area contributed by atoms with E-state index in [0.717, 1.165) is 33.6 Å². The van der Waals surface area contributed by atoms with Crippen LogP contribution in [0.15, 0.2) is 23.6 Å². The number of rotatable bonds is 3. The fourth-order valence-corrected chi connectivity index (χ4v) is 2.85. The molecule has 0 unspecified atom stereocenters. The van der Waals surface area contributed by atoms with Gasteiger partial charge < -0.3 is 15.5 Å². The molecule has 0 aliphatic carbocycles. The van der Waals surface area contributed by atoms with Crippen molar-refractivity contribution in [3.63, 3.8) is 0 Å². The van der Waals surface area contributed by atoms with Gasteiger partial charge in [0.05, 0.1) is 12.3 Å². The molecule has 0 atom stereocenters. The van der Waals surface area contributed by atoms with Crippen LogP contribution in [-0.2, 0) is 0 Å². The van der Waals surface area contributed by atoms with Crippen molar-refractivity contribution in [3.05, 3.63) is 29.3 Å². The number of aryl methyl sites for hydroxylation is 1. The average molecular weight is 273 g/mol. The molecule has 0 bridgehead atoms. The van der Waals surface area contributed by atoms with Crippen LogP contribution in [0.1, 0.15) is 12.6 Å². The highest BCUT2D eigenvalue weighted by atomic mass is 32.1.